The molecule has 0 bridgehead atoms. The number of nitrogens with zero attached hydrogens (tertiary/aromatic N) is 13. The van der Waals surface area contributed by atoms with E-state index in [-0.39, 0.29) is 58.4 Å². The third kappa shape index (κ3) is 8.07. The number of aryl methyl sites for hydroxylation is 2. The van der Waals surface area contributed by atoms with Crippen molar-refractivity contribution in [1.29, 1.82) is 0 Å². The molecule has 2 aromatic carbocycles. The van der Waals surface area contributed by atoms with Crippen LogP contribution in [0.5, 0.6) is 0 Å². The topological polar surface area (TPSA) is 199 Å². The molecule has 332 valence electrons. The van der Waals surface area contributed by atoms with Crippen LogP contribution in [0, 0.1) is 35.3 Å². The number of nitrogens with one attached hydrogen (secondary N) is 1. The highest BCUT2D eigenvalue weighted by Crippen LogP contribution is 2.58. The summed E-state index contributed by atoms with van der Waals surface area (Å²) in [4.78, 5) is 52.7. The van der Waals surface area contributed by atoms with Crippen molar-refractivity contribution in [2.75, 3.05) is 31.1 Å². The molecule has 0 radical (unpaired) electrons. The van der Waals surface area contributed by atoms with Gasteiger partial charge < -0.3 is 28.4 Å². The summed E-state index contributed by atoms with van der Waals surface area (Å²) >= 11 is 14.3. The fourth-order valence-corrected chi connectivity index (χ4v) is 9.54. The van der Waals surface area contributed by atoms with Crippen molar-refractivity contribution in [3.8, 4) is 0 Å². The predicted octanol–water partition coefficient (Wildman–Crippen LogP) is 5.36. The van der Waals surface area contributed by atoms with Gasteiger partial charge in [0.15, 0.2) is 45.6 Å². The molecule has 2 aliphatic carbocycles. The Hall–Kier alpha value is -5.61. The molecule has 4 fully saturated rings. The van der Waals surface area contributed by atoms with Crippen molar-refractivity contribution in [3.63, 3.8) is 0 Å². The number of fused-ring (bicyclic) bond motifs is 4. The lowest BCUT2D eigenvalue weighted by Crippen LogP contribution is -2.24. The molecule has 4 aliphatic rings. The van der Waals surface area contributed by atoms with Crippen molar-refractivity contribution in [3.05, 3.63) is 132 Å². The van der Waals surface area contributed by atoms with Crippen LogP contribution in [0.2, 0.25) is 10.0 Å². The summed E-state index contributed by atoms with van der Waals surface area (Å²) < 4.78 is 44.2. The van der Waals surface area contributed by atoms with E-state index < -0.39 is 5.82 Å². The van der Waals surface area contributed by atoms with E-state index in [0.717, 1.165) is 32.0 Å². The fraction of sp³-hybridized carbons (Fsp3) is 0.350. The number of imidazole rings is 2. The van der Waals surface area contributed by atoms with Crippen LogP contribution in [0.4, 0.5) is 14.5 Å². The van der Waals surface area contributed by atoms with Crippen LogP contribution >= 0.6 is 51.5 Å². The van der Waals surface area contributed by atoms with Gasteiger partial charge in [-0.15, -0.1) is 12.4 Å². The third-order valence-corrected chi connectivity index (χ3v) is 13.2. The van der Waals surface area contributed by atoms with E-state index in [1.165, 1.54) is 27.9 Å². The normalized spacial score (nSPS) is 21.5. The van der Waals surface area contributed by atoms with Crippen molar-refractivity contribution >= 4 is 79.6 Å². The Balaban J connectivity index is 0.000000138. The number of rotatable bonds is 7. The quantitative estimate of drug-likeness (QED) is 0.200. The maximum atomic E-state index is 14.3. The molecule has 2 saturated heterocycles. The molecular weight excluding hydrogens is 965 g/mol. The average molecular weight is 1000 g/mol. The molecule has 0 spiro atoms. The van der Waals surface area contributed by atoms with Crippen LogP contribution in [0.15, 0.2) is 84.8 Å². The van der Waals surface area contributed by atoms with Gasteiger partial charge in [0.25, 0.3) is 11.1 Å². The predicted molar refractivity (Wildman–Crippen MR) is 235 cm³/mol. The van der Waals surface area contributed by atoms with Crippen LogP contribution in [-0.2, 0) is 27.2 Å². The minimum atomic E-state index is -0.404. The molecular formula is C40H36BrCl3F2N14O4. The van der Waals surface area contributed by atoms with E-state index in [1.807, 2.05) is 4.90 Å². The fourth-order valence-electron chi connectivity index (χ4n) is 8.72. The summed E-state index contributed by atoms with van der Waals surface area (Å²) in [5.74, 6) is 3.95. The van der Waals surface area contributed by atoms with Crippen LogP contribution in [0.25, 0.3) is 22.3 Å². The first-order valence-corrected chi connectivity index (χ1v) is 21.4. The monoisotopic (exact) mass is 998 g/mol. The number of hydrogen-bond donors (Lipinski definition) is 1. The Labute approximate surface area is 385 Å². The average Bonchev–Trinajstić information content (AvgIpc) is 3.83. The SMILES string of the molecule is Cl.Cn1cnc2ncn(Cc3nc(C4[C@H]5CN(c6cccc(Cl)c6F)C[C@@H]45)no3)c(=O)c21.Cn1cnc2ncn(Cc3nc(C4[C@H]5CNC[C@@H]45)no3)c(=O)c21.Fc1c(Cl)cccc1Br. The van der Waals surface area contributed by atoms with Crippen molar-refractivity contribution in [2.45, 2.75) is 24.9 Å². The van der Waals surface area contributed by atoms with Crippen LogP contribution < -0.4 is 21.3 Å². The minimum Gasteiger partial charge on any atom is -0.368 e. The molecule has 2 unspecified atom stereocenters. The highest BCUT2D eigenvalue weighted by atomic mass is 79.9. The number of anilines is 1. The number of piperidine rings is 2. The van der Waals surface area contributed by atoms with Gasteiger partial charge in [-0.1, -0.05) is 45.6 Å². The smallest absolute Gasteiger partial charge is 0.280 e. The van der Waals surface area contributed by atoms with E-state index in [0.29, 0.717) is 79.7 Å². The standard InChI is InChI=1S/C20H17ClFN7O2.C14H15N7O2.C6H3BrClF.ClH/c1-27-8-23-19-17(27)20(30)29(9-24-19)7-14-25-18(26-31-14)15-10-5-28(6-11(10)15)13-4-2-3-12(21)16(13)22;1-20-5-16-13-11(20)14(22)21(6-17-13)4-9-18-12(19-23-9)10-7-2-15-3-8(7)10;7-4-2-1-3-5(8)6(4)9;/h2-4,8-11,15H,5-7H2,1H3;5-8,10,15H,2-4H2,1H3;1-3H;1H/t10-,11+,15?;7-,8+,10?;;. The lowest BCUT2D eigenvalue weighted by Gasteiger charge is -2.22. The van der Waals surface area contributed by atoms with Gasteiger partial charge >= 0.3 is 0 Å². The van der Waals surface area contributed by atoms with Crippen molar-refractivity contribution in [1.82, 2.24) is 63.8 Å². The second-order valence-corrected chi connectivity index (χ2v) is 17.6. The Morgan fingerprint density at radius 3 is 1.67 bits per heavy atom. The summed E-state index contributed by atoms with van der Waals surface area (Å²) in [5.41, 5.74) is 1.89. The molecule has 64 heavy (non-hydrogen) atoms. The molecule has 2 saturated carbocycles. The largest absolute Gasteiger partial charge is 0.368 e. The van der Waals surface area contributed by atoms with Crippen LogP contribution in [0.3, 0.4) is 0 Å². The molecule has 2 aliphatic heterocycles. The van der Waals surface area contributed by atoms with Gasteiger partial charge in [0.2, 0.25) is 11.8 Å². The molecule has 24 heteroatoms. The van der Waals surface area contributed by atoms with E-state index in [4.69, 9.17) is 32.2 Å². The Bertz CT molecular complexity index is 3110. The first kappa shape index (κ1) is 43.6. The lowest BCUT2D eigenvalue weighted by atomic mass is 10.2. The van der Waals surface area contributed by atoms with Crippen molar-refractivity contribution in [2.24, 2.45) is 37.8 Å². The Morgan fingerprint density at radius 2 is 1.17 bits per heavy atom. The molecule has 0 amide bonds. The number of hydrogen-bond acceptors (Lipinski definition) is 14. The molecule has 8 aromatic rings. The van der Waals surface area contributed by atoms with Gasteiger partial charge in [-0.05, 0) is 77.0 Å². The van der Waals surface area contributed by atoms with Gasteiger partial charge in [0.1, 0.15) is 25.7 Å². The first-order chi connectivity index (χ1) is 30.4. The minimum absolute atomic E-state index is 0. The van der Waals surface area contributed by atoms with E-state index in [2.05, 4.69) is 61.5 Å². The van der Waals surface area contributed by atoms with Gasteiger partial charge in [-0.25, -0.2) is 28.7 Å². The summed E-state index contributed by atoms with van der Waals surface area (Å²) in [6, 6.07) is 9.83. The lowest BCUT2D eigenvalue weighted by molar-refractivity contribution is 0.363. The van der Waals surface area contributed by atoms with Crippen molar-refractivity contribution < 1.29 is 17.8 Å². The zero-order valence-electron chi connectivity index (χ0n) is 33.7. The molecule has 6 atom stereocenters. The number of benzene rings is 2. The molecule has 8 heterocycles. The maximum Gasteiger partial charge on any atom is 0.280 e. The summed E-state index contributed by atoms with van der Waals surface area (Å²) in [7, 11) is 3.52. The Morgan fingerprint density at radius 1 is 0.703 bits per heavy atom. The third-order valence-electron chi connectivity index (χ3n) is 12.0. The zero-order chi connectivity index (χ0) is 43.7. The summed E-state index contributed by atoms with van der Waals surface area (Å²) in [6.45, 7) is 3.86. The second-order valence-electron chi connectivity index (χ2n) is 15.9. The van der Waals surface area contributed by atoms with Gasteiger partial charge in [-0.3, -0.25) is 18.7 Å². The molecule has 6 aromatic heterocycles. The Kier molecular flexibility index (Phi) is 11.9. The highest BCUT2D eigenvalue weighted by molar-refractivity contribution is 9.10. The molecule has 1 N–H and O–H groups in total. The summed E-state index contributed by atoms with van der Waals surface area (Å²) in [5, 5.41) is 11.8. The van der Waals surface area contributed by atoms with E-state index in [1.54, 1.807) is 66.2 Å². The van der Waals surface area contributed by atoms with E-state index in [9.17, 15) is 18.4 Å². The van der Waals surface area contributed by atoms with Gasteiger partial charge in [0, 0.05) is 39.0 Å². The maximum absolute atomic E-state index is 14.3. The molecule has 18 nitrogen and oxygen atoms in total. The van der Waals surface area contributed by atoms with Crippen LogP contribution in [-0.4, -0.2) is 84.7 Å². The van der Waals surface area contributed by atoms with Gasteiger partial charge in [0.05, 0.1) is 32.9 Å². The number of halogens is 6. The molecule has 12 rings (SSSR count). The zero-order valence-corrected chi connectivity index (χ0v) is 37.6. The number of aromatic nitrogens is 12. The van der Waals surface area contributed by atoms with Gasteiger partial charge in [-0.2, -0.15) is 9.97 Å². The first-order valence-electron chi connectivity index (χ1n) is 19.8. The second kappa shape index (κ2) is 17.4. The summed E-state index contributed by atoms with van der Waals surface area (Å²) in [6.07, 6.45) is 6.04. The van der Waals surface area contributed by atoms with Crippen LogP contribution in [0.1, 0.15) is 35.3 Å². The van der Waals surface area contributed by atoms with E-state index >= 15 is 0 Å². The highest BCUT2D eigenvalue weighted by Gasteiger charge is 2.59.